The zero-order valence-electron chi connectivity index (χ0n) is 27.2. The number of hydrogen-bond donors (Lipinski definition) is 0. The molecule has 3 atom stereocenters. The summed E-state index contributed by atoms with van der Waals surface area (Å²) in [6, 6.07) is 20.6. The van der Waals surface area contributed by atoms with Gasteiger partial charge in [-0.05, 0) is 64.0 Å². The summed E-state index contributed by atoms with van der Waals surface area (Å²) in [5.41, 5.74) is 3.43. The Hall–Kier alpha value is -2.66. The minimum Gasteiger partial charge on any atom is -0.446 e. The lowest BCUT2D eigenvalue weighted by Gasteiger charge is -2.47. The third-order valence-corrected chi connectivity index (χ3v) is 17.7. The van der Waals surface area contributed by atoms with E-state index in [0.717, 1.165) is 36.4 Å². The van der Waals surface area contributed by atoms with Gasteiger partial charge in [0.25, 0.3) is 0 Å². The predicted octanol–water partition coefficient (Wildman–Crippen LogP) is 9.65. The first-order chi connectivity index (χ1) is 19.9. The second-order valence-electron chi connectivity index (χ2n) is 14.2. The molecule has 2 aromatic rings. The molecule has 0 bridgehead atoms. The Morgan fingerprint density at radius 3 is 2.00 bits per heavy atom. The first-order valence-corrected chi connectivity index (χ1v) is 18.5. The molecule has 0 N–H and O–H groups in total. The van der Waals surface area contributed by atoms with Crippen LogP contribution in [0.4, 0.5) is 4.79 Å². The maximum atomic E-state index is 14.3. The molecular formula is C37H53NO3Si. The SMILES string of the molecule is CC(C)[Si](C1=CN(C(=O)O[C@H]2CCCC[C@@H]2C(C)(C)c2ccccc2)[C@@H](Cc2ccccc2)CC1=O)(C(C)C)C(C)C. The van der Waals surface area contributed by atoms with Crippen LogP contribution in [-0.2, 0) is 21.4 Å². The molecule has 2 aromatic carbocycles. The Morgan fingerprint density at radius 1 is 0.881 bits per heavy atom. The minimum absolute atomic E-state index is 0.121. The van der Waals surface area contributed by atoms with E-state index in [9.17, 15) is 9.59 Å². The number of benzene rings is 2. The largest absolute Gasteiger partial charge is 0.446 e. The summed E-state index contributed by atoms with van der Waals surface area (Å²) in [5.74, 6) is 0.457. The minimum atomic E-state index is -2.28. The summed E-state index contributed by atoms with van der Waals surface area (Å²) in [6.07, 6.45) is 6.63. The Balaban J connectivity index is 1.72. The molecule has 1 amide bonds. The average molecular weight is 588 g/mol. The highest BCUT2D eigenvalue weighted by Crippen LogP contribution is 2.48. The van der Waals surface area contributed by atoms with Crippen LogP contribution in [0.5, 0.6) is 0 Å². The van der Waals surface area contributed by atoms with Gasteiger partial charge in [0.1, 0.15) is 14.2 Å². The molecule has 1 heterocycles. The van der Waals surface area contributed by atoms with Crippen molar-refractivity contribution in [1.82, 2.24) is 4.90 Å². The summed E-state index contributed by atoms with van der Waals surface area (Å²) in [4.78, 5) is 30.2. The maximum absolute atomic E-state index is 14.3. The van der Waals surface area contributed by atoms with Crippen LogP contribution in [0.15, 0.2) is 72.1 Å². The summed E-state index contributed by atoms with van der Waals surface area (Å²) in [6.45, 7) is 18.2. The van der Waals surface area contributed by atoms with Crippen LogP contribution in [0.3, 0.4) is 0 Å². The van der Waals surface area contributed by atoms with Crippen molar-refractivity contribution in [2.24, 2.45) is 5.92 Å². The van der Waals surface area contributed by atoms with Crippen LogP contribution < -0.4 is 0 Å². The quantitative estimate of drug-likeness (QED) is 0.274. The van der Waals surface area contributed by atoms with Gasteiger partial charge in [-0.1, -0.05) is 122 Å². The number of hydrogen-bond acceptors (Lipinski definition) is 3. The molecule has 228 valence electrons. The highest BCUT2D eigenvalue weighted by molar-refractivity contribution is 6.93. The lowest BCUT2D eigenvalue weighted by molar-refractivity contribution is -0.116. The van der Waals surface area contributed by atoms with Crippen molar-refractivity contribution < 1.29 is 14.3 Å². The molecule has 0 spiro atoms. The summed E-state index contributed by atoms with van der Waals surface area (Å²) in [7, 11) is -2.28. The predicted molar refractivity (Wildman–Crippen MR) is 176 cm³/mol. The lowest BCUT2D eigenvalue weighted by Crippen LogP contribution is -2.54. The third kappa shape index (κ3) is 6.32. The molecule has 1 fully saturated rings. The molecule has 0 aromatic heterocycles. The molecule has 0 unspecified atom stereocenters. The van der Waals surface area contributed by atoms with Crippen molar-refractivity contribution in [3.05, 3.63) is 83.2 Å². The van der Waals surface area contributed by atoms with Crippen molar-refractivity contribution in [3.63, 3.8) is 0 Å². The van der Waals surface area contributed by atoms with E-state index in [2.05, 4.69) is 97.9 Å². The Kier molecular flexibility index (Phi) is 10.2. The van der Waals surface area contributed by atoms with Crippen LogP contribution in [-0.4, -0.2) is 37.0 Å². The third-order valence-electron chi connectivity index (χ3n) is 10.6. The molecule has 1 saturated carbocycles. The van der Waals surface area contributed by atoms with Gasteiger partial charge in [-0.3, -0.25) is 9.69 Å². The number of nitrogens with zero attached hydrogens (tertiary/aromatic N) is 1. The molecule has 1 aliphatic carbocycles. The van der Waals surface area contributed by atoms with Crippen LogP contribution in [0, 0.1) is 5.92 Å². The van der Waals surface area contributed by atoms with E-state index in [1.54, 1.807) is 0 Å². The van der Waals surface area contributed by atoms with Crippen molar-refractivity contribution in [2.75, 3.05) is 0 Å². The topological polar surface area (TPSA) is 46.6 Å². The molecule has 4 rings (SSSR count). The van der Waals surface area contributed by atoms with Gasteiger partial charge in [-0.15, -0.1) is 0 Å². The Bertz CT molecular complexity index is 1210. The van der Waals surface area contributed by atoms with Gasteiger partial charge in [0.15, 0.2) is 5.78 Å². The summed E-state index contributed by atoms with van der Waals surface area (Å²) in [5, 5.41) is 0.925. The molecule has 5 heteroatoms. The first-order valence-electron chi connectivity index (χ1n) is 16.2. The number of allylic oxidation sites excluding steroid dienone is 1. The highest BCUT2D eigenvalue weighted by atomic mass is 28.3. The smallest absolute Gasteiger partial charge is 0.414 e. The Labute approximate surface area is 255 Å². The zero-order valence-corrected chi connectivity index (χ0v) is 28.2. The fourth-order valence-corrected chi connectivity index (χ4v) is 15.4. The van der Waals surface area contributed by atoms with E-state index in [-0.39, 0.29) is 35.4 Å². The fraction of sp³-hybridized carbons (Fsp3) is 0.568. The van der Waals surface area contributed by atoms with Gasteiger partial charge in [0.2, 0.25) is 0 Å². The molecule has 42 heavy (non-hydrogen) atoms. The zero-order chi connectivity index (χ0) is 30.7. The van der Waals surface area contributed by atoms with Crippen LogP contribution >= 0.6 is 0 Å². The number of Topliss-reactive ketones (excluding diaryl/α,β-unsaturated/α-hetero) is 1. The van der Waals surface area contributed by atoms with Gasteiger partial charge < -0.3 is 4.74 Å². The normalized spacial score (nSPS) is 22.1. The second kappa shape index (κ2) is 13.3. The molecule has 2 aliphatic rings. The van der Waals surface area contributed by atoms with Gasteiger partial charge in [-0.25, -0.2) is 4.79 Å². The van der Waals surface area contributed by atoms with Crippen molar-refractivity contribution in [2.45, 2.75) is 128 Å². The monoisotopic (exact) mass is 587 g/mol. The van der Waals surface area contributed by atoms with Crippen LogP contribution in [0.2, 0.25) is 16.6 Å². The lowest BCUT2D eigenvalue weighted by atomic mass is 9.66. The molecule has 1 aliphatic heterocycles. The average Bonchev–Trinajstić information content (AvgIpc) is 2.95. The maximum Gasteiger partial charge on any atom is 0.414 e. The van der Waals surface area contributed by atoms with E-state index in [1.165, 1.54) is 5.56 Å². The van der Waals surface area contributed by atoms with E-state index in [1.807, 2.05) is 29.3 Å². The van der Waals surface area contributed by atoms with Gasteiger partial charge in [0, 0.05) is 18.5 Å². The van der Waals surface area contributed by atoms with E-state index in [0.29, 0.717) is 29.5 Å². The number of ether oxygens (including phenoxy) is 1. The highest BCUT2D eigenvalue weighted by Gasteiger charge is 2.51. The Morgan fingerprint density at radius 2 is 1.43 bits per heavy atom. The number of carbonyl (C=O) groups excluding carboxylic acids is 2. The number of ketones is 1. The van der Waals surface area contributed by atoms with E-state index >= 15 is 0 Å². The molecule has 4 nitrogen and oxygen atoms in total. The van der Waals surface area contributed by atoms with Crippen LogP contribution in [0.1, 0.15) is 98.6 Å². The van der Waals surface area contributed by atoms with Crippen LogP contribution in [0.25, 0.3) is 0 Å². The summed E-state index contributed by atoms with van der Waals surface area (Å²) >= 11 is 0. The van der Waals surface area contributed by atoms with E-state index < -0.39 is 8.07 Å². The van der Waals surface area contributed by atoms with E-state index in [4.69, 9.17) is 4.74 Å². The van der Waals surface area contributed by atoms with Crippen molar-refractivity contribution in [1.29, 1.82) is 0 Å². The van der Waals surface area contributed by atoms with Crippen molar-refractivity contribution in [3.8, 4) is 0 Å². The standard InChI is InChI=1S/C37H53NO3Si/c1-26(2)42(27(3)4,28(5)6)35-25-38(31(24-33(35)39)23-29-17-11-9-12-18-29)36(40)41-34-22-16-15-21-32(34)37(7,8)30-19-13-10-14-20-30/h9-14,17-20,25-28,31-32,34H,15-16,21-24H2,1-8H3/t31-,32-,34-/m0/s1. The molecule has 0 radical (unpaired) electrons. The first kappa shape index (κ1) is 32.3. The summed E-state index contributed by atoms with van der Waals surface area (Å²) < 4.78 is 6.54. The number of carbonyl (C=O) groups is 2. The molecular weight excluding hydrogens is 534 g/mol. The second-order valence-corrected chi connectivity index (χ2v) is 20.1. The number of amides is 1. The van der Waals surface area contributed by atoms with Gasteiger partial charge in [-0.2, -0.15) is 0 Å². The fourth-order valence-electron chi connectivity index (χ4n) is 8.62. The molecule has 0 saturated heterocycles. The van der Waals surface area contributed by atoms with Gasteiger partial charge >= 0.3 is 6.09 Å². The van der Waals surface area contributed by atoms with Gasteiger partial charge in [0.05, 0.1) is 6.04 Å². The number of rotatable bonds is 9. The van der Waals surface area contributed by atoms with Crippen molar-refractivity contribution >= 4 is 20.0 Å².